The SMILES string of the molecule is CN1CC(NCCCN)CCC1=O. The predicted octanol–water partition coefficient (Wildman–Crippen LogP) is -0.454. The highest BCUT2D eigenvalue weighted by Crippen LogP contribution is 2.09. The molecular formula is C9H19N3O. The van der Waals surface area contributed by atoms with E-state index in [1.165, 1.54) is 0 Å². The fraction of sp³-hybridized carbons (Fsp3) is 0.889. The van der Waals surface area contributed by atoms with Gasteiger partial charge in [-0.25, -0.2) is 0 Å². The van der Waals surface area contributed by atoms with Crippen molar-refractivity contribution in [2.45, 2.75) is 25.3 Å². The lowest BCUT2D eigenvalue weighted by atomic mass is 10.1. The Morgan fingerprint density at radius 2 is 2.46 bits per heavy atom. The molecular weight excluding hydrogens is 166 g/mol. The second-order valence-electron chi connectivity index (χ2n) is 3.61. The third-order valence-corrected chi connectivity index (χ3v) is 2.44. The molecule has 4 heteroatoms. The number of carbonyl (C=O) groups is 1. The maximum Gasteiger partial charge on any atom is 0.222 e. The molecule has 0 aromatic heterocycles. The van der Waals surface area contributed by atoms with E-state index in [1.54, 1.807) is 4.90 Å². The maximum atomic E-state index is 11.1. The van der Waals surface area contributed by atoms with E-state index in [0.29, 0.717) is 12.5 Å². The fourth-order valence-electron chi connectivity index (χ4n) is 1.59. The predicted molar refractivity (Wildman–Crippen MR) is 52.3 cm³/mol. The molecule has 0 aromatic rings. The lowest BCUT2D eigenvalue weighted by molar-refractivity contribution is -0.132. The largest absolute Gasteiger partial charge is 0.344 e. The third-order valence-electron chi connectivity index (χ3n) is 2.44. The van der Waals surface area contributed by atoms with Crippen molar-refractivity contribution in [3.8, 4) is 0 Å². The van der Waals surface area contributed by atoms with Gasteiger partial charge in [0.1, 0.15) is 0 Å². The Morgan fingerprint density at radius 1 is 1.69 bits per heavy atom. The molecule has 1 atom stereocenters. The van der Waals surface area contributed by atoms with Gasteiger partial charge in [0.25, 0.3) is 0 Å². The molecule has 1 heterocycles. The van der Waals surface area contributed by atoms with Gasteiger partial charge in [-0.05, 0) is 25.9 Å². The molecule has 0 aromatic carbocycles. The second-order valence-corrected chi connectivity index (χ2v) is 3.61. The molecule has 13 heavy (non-hydrogen) atoms. The number of nitrogens with two attached hydrogens (primary N) is 1. The summed E-state index contributed by atoms with van der Waals surface area (Å²) in [5.74, 6) is 0.261. The minimum Gasteiger partial charge on any atom is -0.344 e. The lowest BCUT2D eigenvalue weighted by Crippen LogP contribution is -2.46. The highest BCUT2D eigenvalue weighted by atomic mass is 16.2. The Morgan fingerprint density at radius 3 is 3.08 bits per heavy atom. The van der Waals surface area contributed by atoms with Gasteiger partial charge in [-0.15, -0.1) is 0 Å². The third kappa shape index (κ3) is 3.32. The number of likely N-dealkylation sites (tertiary alicyclic amines) is 1. The van der Waals surface area contributed by atoms with Crippen molar-refractivity contribution in [2.24, 2.45) is 5.73 Å². The van der Waals surface area contributed by atoms with Gasteiger partial charge in [-0.3, -0.25) is 4.79 Å². The van der Waals surface area contributed by atoms with Crippen molar-refractivity contribution in [1.29, 1.82) is 0 Å². The molecule has 0 bridgehead atoms. The molecule has 0 saturated carbocycles. The Balaban J connectivity index is 2.17. The molecule has 1 rings (SSSR count). The van der Waals surface area contributed by atoms with Gasteiger partial charge in [0.2, 0.25) is 5.91 Å². The Bertz CT molecular complexity index is 172. The minimum absolute atomic E-state index is 0.261. The van der Waals surface area contributed by atoms with E-state index < -0.39 is 0 Å². The van der Waals surface area contributed by atoms with E-state index in [-0.39, 0.29) is 5.91 Å². The van der Waals surface area contributed by atoms with Crippen LogP contribution < -0.4 is 11.1 Å². The summed E-state index contributed by atoms with van der Waals surface area (Å²) in [4.78, 5) is 12.9. The van der Waals surface area contributed by atoms with Gasteiger partial charge in [0.15, 0.2) is 0 Å². The van der Waals surface area contributed by atoms with Crippen LogP contribution in [0.4, 0.5) is 0 Å². The molecule has 4 nitrogen and oxygen atoms in total. The molecule has 1 fully saturated rings. The average molecular weight is 185 g/mol. The van der Waals surface area contributed by atoms with Crippen LogP contribution in [-0.2, 0) is 4.79 Å². The summed E-state index contributed by atoms with van der Waals surface area (Å²) < 4.78 is 0. The van der Waals surface area contributed by atoms with Crippen LogP contribution >= 0.6 is 0 Å². The van der Waals surface area contributed by atoms with Gasteiger partial charge in [-0.1, -0.05) is 0 Å². The van der Waals surface area contributed by atoms with Crippen LogP contribution in [0.2, 0.25) is 0 Å². The number of piperidine rings is 1. The number of nitrogens with one attached hydrogen (secondary N) is 1. The fourth-order valence-corrected chi connectivity index (χ4v) is 1.59. The molecule has 1 aliphatic heterocycles. The van der Waals surface area contributed by atoms with E-state index in [9.17, 15) is 4.79 Å². The van der Waals surface area contributed by atoms with Gasteiger partial charge >= 0.3 is 0 Å². The number of hydrogen-bond donors (Lipinski definition) is 2. The number of hydrogen-bond acceptors (Lipinski definition) is 3. The molecule has 0 spiro atoms. The molecule has 0 aliphatic carbocycles. The molecule has 0 radical (unpaired) electrons. The zero-order chi connectivity index (χ0) is 9.68. The molecule has 1 aliphatic rings. The van der Waals surface area contributed by atoms with Crippen LogP contribution in [0.5, 0.6) is 0 Å². The second kappa shape index (κ2) is 5.19. The summed E-state index contributed by atoms with van der Waals surface area (Å²) in [7, 11) is 1.86. The highest BCUT2D eigenvalue weighted by Gasteiger charge is 2.21. The van der Waals surface area contributed by atoms with Gasteiger partial charge in [0, 0.05) is 26.1 Å². The van der Waals surface area contributed by atoms with Crippen LogP contribution in [0, 0.1) is 0 Å². The lowest BCUT2D eigenvalue weighted by Gasteiger charge is -2.30. The summed E-state index contributed by atoms with van der Waals surface area (Å²) in [5.41, 5.74) is 5.39. The standard InChI is InChI=1S/C9H19N3O/c1-12-7-8(3-4-9(12)13)11-6-2-5-10/h8,11H,2-7,10H2,1H3. The van der Waals surface area contributed by atoms with Crippen molar-refractivity contribution < 1.29 is 4.79 Å². The van der Waals surface area contributed by atoms with Crippen molar-refractivity contribution >= 4 is 5.91 Å². The Labute approximate surface area is 79.5 Å². The van der Waals surface area contributed by atoms with Crippen molar-refractivity contribution in [3.05, 3.63) is 0 Å². The van der Waals surface area contributed by atoms with Crippen molar-refractivity contribution in [3.63, 3.8) is 0 Å². The molecule has 1 saturated heterocycles. The molecule has 1 unspecified atom stereocenters. The summed E-state index contributed by atoms with van der Waals surface area (Å²) in [6, 6.07) is 0.467. The summed E-state index contributed by atoms with van der Waals surface area (Å²) in [6.45, 7) is 2.53. The first-order valence-electron chi connectivity index (χ1n) is 4.91. The number of rotatable bonds is 4. The van der Waals surface area contributed by atoms with E-state index in [4.69, 9.17) is 5.73 Å². The van der Waals surface area contributed by atoms with Gasteiger partial charge in [0.05, 0.1) is 0 Å². The van der Waals surface area contributed by atoms with Crippen molar-refractivity contribution in [1.82, 2.24) is 10.2 Å². The minimum atomic E-state index is 0.261. The normalized spacial score (nSPS) is 23.7. The van der Waals surface area contributed by atoms with Crippen LogP contribution in [0.15, 0.2) is 0 Å². The first kappa shape index (κ1) is 10.5. The first-order valence-corrected chi connectivity index (χ1v) is 4.91. The van der Waals surface area contributed by atoms with E-state index in [2.05, 4.69) is 5.32 Å². The van der Waals surface area contributed by atoms with E-state index >= 15 is 0 Å². The summed E-state index contributed by atoms with van der Waals surface area (Å²) >= 11 is 0. The highest BCUT2D eigenvalue weighted by molar-refractivity contribution is 5.76. The Kier molecular flexibility index (Phi) is 4.18. The van der Waals surface area contributed by atoms with E-state index in [0.717, 1.165) is 32.5 Å². The monoisotopic (exact) mass is 185 g/mol. The topological polar surface area (TPSA) is 58.4 Å². The van der Waals surface area contributed by atoms with Crippen LogP contribution in [-0.4, -0.2) is 43.5 Å². The number of likely N-dealkylation sites (N-methyl/N-ethyl adjacent to an activating group) is 1. The summed E-state index contributed by atoms with van der Waals surface area (Å²) in [5, 5.41) is 3.40. The van der Waals surface area contributed by atoms with Gasteiger partial charge < -0.3 is 16.0 Å². The smallest absolute Gasteiger partial charge is 0.222 e. The number of carbonyl (C=O) groups excluding carboxylic acids is 1. The maximum absolute atomic E-state index is 11.1. The van der Waals surface area contributed by atoms with Gasteiger partial charge in [-0.2, -0.15) is 0 Å². The molecule has 3 N–H and O–H groups in total. The Hall–Kier alpha value is -0.610. The molecule has 76 valence electrons. The van der Waals surface area contributed by atoms with Crippen LogP contribution in [0.3, 0.4) is 0 Å². The summed E-state index contributed by atoms with van der Waals surface area (Å²) in [6.07, 6.45) is 2.65. The number of nitrogens with zero attached hydrogens (tertiary/aromatic N) is 1. The zero-order valence-corrected chi connectivity index (χ0v) is 8.25. The van der Waals surface area contributed by atoms with Crippen molar-refractivity contribution in [2.75, 3.05) is 26.7 Å². The van der Waals surface area contributed by atoms with E-state index in [1.807, 2.05) is 7.05 Å². The van der Waals surface area contributed by atoms with Crippen LogP contribution in [0.1, 0.15) is 19.3 Å². The zero-order valence-electron chi connectivity index (χ0n) is 8.25. The number of amides is 1. The van der Waals surface area contributed by atoms with Crippen LogP contribution in [0.25, 0.3) is 0 Å². The quantitative estimate of drug-likeness (QED) is 0.583. The molecule has 1 amide bonds. The first-order chi connectivity index (χ1) is 6.24. The average Bonchev–Trinajstić information content (AvgIpc) is 2.12.